The molecule has 31 heavy (non-hydrogen) atoms. The monoisotopic (exact) mass is 440 g/mol. The standard InChI is InChI=1S/C22H18F2N4O2S/c1-14(21(29)25-13-19-3-2-12-30-19)31-22-27-26-20(15-4-6-16(23)7-5-15)28(22)18-10-8-17(24)9-11-18/h2-12,14H,13H2,1H3,(H,25,29). The molecule has 0 aliphatic carbocycles. The Bertz CT molecular complexity index is 1160. The lowest BCUT2D eigenvalue weighted by Gasteiger charge is -2.14. The summed E-state index contributed by atoms with van der Waals surface area (Å²) in [6.45, 7) is 2.03. The summed E-state index contributed by atoms with van der Waals surface area (Å²) >= 11 is 1.21. The van der Waals surface area contributed by atoms with Gasteiger partial charge in [-0.25, -0.2) is 8.78 Å². The van der Waals surface area contributed by atoms with E-state index in [1.165, 1.54) is 36.0 Å². The molecular formula is C22H18F2N4O2S. The Balaban J connectivity index is 1.61. The van der Waals surface area contributed by atoms with E-state index < -0.39 is 5.25 Å². The van der Waals surface area contributed by atoms with E-state index in [0.717, 1.165) is 0 Å². The molecular weight excluding hydrogens is 422 g/mol. The third-order valence-electron chi connectivity index (χ3n) is 4.49. The molecule has 4 aromatic rings. The van der Waals surface area contributed by atoms with Gasteiger partial charge in [0, 0.05) is 11.3 Å². The molecule has 9 heteroatoms. The largest absolute Gasteiger partial charge is 0.467 e. The maximum absolute atomic E-state index is 13.5. The van der Waals surface area contributed by atoms with Crippen LogP contribution in [0.15, 0.2) is 76.5 Å². The van der Waals surface area contributed by atoms with Crippen LogP contribution < -0.4 is 5.32 Å². The number of furan rings is 1. The number of thioether (sulfide) groups is 1. The summed E-state index contributed by atoms with van der Waals surface area (Å²) < 4.78 is 33.8. The predicted octanol–water partition coefficient (Wildman–Crippen LogP) is 4.60. The number of carbonyl (C=O) groups is 1. The molecule has 2 aromatic carbocycles. The molecule has 1 amide bonds. The average Bonchev–Trinajstić information content (AvgIpc) is 3.43. The van der Waals surface area contributed by atoms with E-state index in [0.29, 0.717) is 28.0 Å². The Morgan fingerprint density at radius 1 is 1.06 bits per heavy atom. The molecule has 1 unspecified atom stereocenters. The van der Waals surface area contributed by atoms with Crippen LogP contribution in [0.25, 0.3) is 17.1 Å². The molecule has 0 aliphatic heterocycles. The van der Waals surface area contributed by atoms with Crippen molar-refractivity contribution < 1.29 is 18.0 Å². The van der Waals surface area contributed by atoms with E-state index >= 15 is 0 Å². The normalized spacial score (nSPS) is 12.0. The second-order valence-corrected chi connectivity index (χ2v) is 7.99. The number of halogens is 2. The minimum atomic E-state index is -0.487. The molecule has 158 valence electrons. The maximum Gasteiger partial charge on any atom is 0.233 e. The molecule has 0 bridgehead atoms. The Morgan fingerprint density at radius 2 is 1.74 bits per heavy atom. The fraction of sp³-hybridized carbons (Fsp3) is 0.136. The number of rotatable bonds is 7. The Labute approximate surface area is 181 Å². The number of nitrogens with one attached hydrogen (secondary N) is 1. The van der Waals surface area contributed by atoms with E-state index in [4.69, 9.17) is 4.42 Å². The highest BCUT2D eigenvalue weighted by Crippen LogP contribution is 2.30. The van der Waals surface area contributed by atoms with Crippen molar-refractivity contribution in [2.75, 3.05) is 0 Å². The smallest absolute Gasteiger partial charge is 0.233 e. The van der Waals surface area contributed by atoms with Gasteiger partial charge in [0.25, 0.3) is 0 Å². The van der Waals surface area contributed by atoms with Gasteiger partial charge in [-0.3, -0.25) is 9.36 Å². The quantitative estimate of drug-likeness (QED) is 0.425. The molecule has 0 aliphatic rings. The van der Waals surface area contributed by atoms with E-state index in [1.54, 1.807) is 54.2 Å². The van der Waals surface area contributed by atoms with Crippen molar-refractivity contribution in [3.05, 3.63) is 84.3 Å². The second kappa shape index (κ2) is 9.13. The van der Waals surface area contributed by atoms with Gasteiger partial charge in [0.05, 0.1) is 18.1 Å². The molecule has 0 spiro atoms. The molecule has 1 atom stereocenters. The van der Waals surface area contributed by atoms with Crippen molar-refractivity contribution in [3.63, 3.8) is 0 Å². The van der Waals surface area contributed by atoms with Crippen LogP contribution in [0.2, 0.25) is 0 Å². The summed E-state index contributed by atoms with van der Waals surface area (Å²) in [6, 6.07) is 15.2. The van der Waals surface area contributed by atoms with E-state index in [9.17, 15) is 13.6 Å². The fourth-order valence-corrected chi connectivity index (χ4v) is 3.79. The Kier molecular flexibility index (Phi) is 6.13. The third-order valence-corrected chi connectivity index (χ3v) is 5.53. The lowest BCUT2D eigenvalue weighted by atomic mass is 10.2. The first kappa shape index (κ1) is 20.8. The van der Waals surface area contributed by atoms with Gasteiger partial charge in [-0.15, -0.1) is 10.2 Å². The number of carbonyl (C=O) groups excluding carboxylic acids is 1. The minimum Gasteiger partial charge on any atom is -0.467 e. The summed E-state index contributed by atoms with van der Waals surface area (Å²) in [7, 11) is 0. The molecule has 0 saturated carbocycles. The van der Waals surface area contributed by atoms with Gasteiger partial charge in [-0.05, 0) is 67.6 Å². The van der Waals surface area contributed by atoms with Crippen LogP contribution in [-0.4, -0.2) is 25.9 Å². The highest BCUT2D eigenvalue weighted by atomic mass is 32.2. The van der Waals surface area contributed by atoms with Crippen molar-refractivity contribution in [1.82, 2.24) is 20.1 Å². The Hall–Kier alpha value is -3.46. The summed E-state index contributed by atoms with van der Waals surface area (Å²) in [5.41, 5.74) is 1.26. The molecule has 2 heterocycles. The van der Waals surface area contributed by atoms with Gasteiger partial charge in [-0.2, -0.15) is 0 Å². The highest BCUT2D eigenvalue weighted by Gasteiger charge is 2.22. The van der Waals surface area contributed by atoms with Crippen molar-refractivity contribution in [2.24, 2.45) is 0 Å². The van der Waals surface area contributed by atoms with Crippen LogP contribution in [0, 0.1) is 11.6 Å². The lowest BCUT2D eigenvalue weighted by molar-refractivity contribution is -0.120. The molecule has 0 radical (unpaired) electrons. The summed E-state index contributed by atoms with van der Waals surface area (Å²) in [4.78, 5) is 12.5. The number of benzene rings is 2. The maximum atomic E-state index is 13.5. The third kappa shape index (κ3) is 4.83. The van der Waals surface area contributed by atoms with E-state index in [2.05, 4.69) is 15.5 Å². The van der Waals surface area contributed by atoms with Crippen molar-refractivity contribution in [2.45, 2.75) is 23.9 Å². The zero-order valence-corrected chi connectivity index (χ0v) is 17.3. The van der Waals surface area contributed by atoms with Gasteiger partial charge >= 0.3 is 0 Å². The van der Waals surface area contributed by atoms with Crippen LogP contribution in [0.4, 0.5) is 8.78 Å². The first-order chi connectivity index (χ1) is 15.0. The van der Waals surface area contributed by atoms with Gasteiger partial charge < -0.3 is 9.73 Å². The first-order valence-electron chi connectivity index (χ1n) is 9.45. The molecule has 2 aromatic heterocycles. The van der Waals surface area contributed by atoms with Crippen molar-refractivity contribution in [3.8, 4) is 17.1 Å². The number of nitrogens with zero attached hydrogens (tertiary/aromatic N) is 3. The zero-order chi connectivity index (χ0) is 21.8. The second-order valence-electron chi connectivity index (χ2n) is 6.68. The number of hydrogen-bond acceptors (Lipinski definition) is 5. The van der Waals surface area contributed by atoms with Gasteiger partial charge in [0.15, 0.2) is 11.0 Å². The molecule has 0 fully saturated rings. The molecule has 1 N–H and O–H groups in total. The van der Waals surface area contributed by atoms with Crippen molar-refractivity contribution in [1.29, 1.82) is 0 Å². The topological polar surface area (TPSA) is 73.0 Å². The van der Waals surface area contributed by atoms with E-state index in [-0.39, 0.29) is 24.1 Å². The van der Waals surface area contributed by atoms with Gasteiger partial charge in [-0.1, -0.05) is 11.8 Å². The van der Waals surface area contributed by atoms with Crippen LogP contribution in [0.1, 0.15) is 12.7 Å². The Morgan fingerprint density at radius 3 is 2.39 bits per heavy atom. The lowest BCUT2D eigenvalue weighted by Crippen LogP contribution is -2.30. The number of hydrogen-bond donors (Lipinski definition) is 1. The van der Waals surface area contributed by atoms with Crippen molar-refractivity contribution >= 4 is 17.7 Å². The zero-order valence-electron chi connectivity index (χ0n) is 16.5. The van der Waals surface area contributed by atoms with Crippen LogP contribution in [-0.2, 0) is 11.3 Å². The molecule has 6 nitrogen and oxygen atoms in total. The summed E-state index contributed by atoms with van der Waals surface area (Å²) in [6.07, 6.45) is 1.54. The summed E-state index contributed by atoms with van der Waals surface area (Å²) in [5, 5.41) is 11.3. The van der Waals surface area contributed by atoms with Crippen LogP contribution in [0.3, 0.4) is 0 Å². The van der Waals surface area contributed by atoms with Gasteiger partial charge in [0.2, 0.25) is 5.91 Å². The average molecular weight is 440 g/mol. The molecule has 4 rings (SSSR count). The van der Waals surface area contributed by atoms with Crippen LogP contribution >= 0.6 is 11.8 Å². The first-order valence-corrected chi connectivity index (χ1v) is 10.3. The number of aromatic nitrogens is 3. The highest BCUT2D eigenvalue weighted by molar-refractivity contribution is 8.00. The number of amides is 1. The van der Waals surface area contributed by atoms with Gasteiger partial charge in [0.1, 0.15) is 17.4 Å². The predicted molar refractivity (Wildman–Crippen MR) is 113 cm³/mol. The summed E-state index contributed by atoms with van der Waals surface area (Å²) in [5.74, 6) is 0.169. The fourth-order valence-electron chi connectivity index (χ4n) is 2.90. The molecule has 0 saturated heterocycles. The van der Waals surface area contributed by atoms with Crippen LogP contribution in [0.5, 0.6) is 0 Å². The van der Waals surface area contributed by atoms with E-state index in [1.807, 2.05) is 0 Å². The SMILES string of the molecule is CC(Sc1nnc(-c2ccc(F)cc2)n1-c1ccc(F)cc1)C(=O)NCc1ccco1. The minimum absolute atomic E-state index is 0.196.